The van der Waals surface area contributed by atoms with Crippen molar-refractivity contribution in [2.45, 2.75) is 25.7 Å². The zero-order chi connectivity index (χ0) is 15.9. The molecule has 118 valence electrons. The van der Waals surface area contributed by atoms with Crippen molar-refractivity contribution >= 4 is 21.4 Å². The third-order valence-corrected chi connectivity index (χ3v) is 6.02. The molecule has 0 saturated heterocycles. The number of nitrogens with zero attached hydrogens (tertiary/aromatic N) is 3. The Morgan fingerprint density at radius 1 is 1.18 bits per heavy atom. The fraction of sp³-hybridized carbons (Fsp3) is 0.400. The first-order valence-corrected chi connectivity index (χ1v) is 8.70. The molecule has 1 aliphatic rings. The van der Waals surface area contributed by atoms with Gasteiger partial charge in [0.1, 0.15) is 5.69 Å². The number of rotatable bonds is 3. The highest BCUT2D eigenvalue weighted by Gasteiger charge is 2.35. The van der Waals surface area contributed by atoms with Crippen LogP contribution in [0, 0.1) is 13.8 Å². The Balaban J connectivity index is 2.13. The Kier molecular flexibility index (Phi) is 3.60. The van der Waals surface area contributed by atoms with Gasteiger partial charge in [0.15, 0.2) is 10.7 Å². The van der Waals surface area contributed by atoms with E-state index in [0.717, 1.165) is 12.2 Å². The van der Waals surface area contributed by atoms with E-state index in [1.165, 1.54) is 4.31 Å². The molecule has 1 aromatic carbocycles. The summed E-state index contributed by atoms with van der Waals surface area (Å²) in [6.45, 7) is 7.26. The minimum Gasteiger partial charge on any atom is -0.368 e. The molecule has 3 rings (SSSR count). The van der Waals surface area contributed by atoms with Gasteiger partial charge in [0.05, 0.1) is 17.9 Å². The number of fused-ring (bicyclic) bond motifs is 1. The van der Waals surface area contributed by atoms with E-state index in [2.05, 4.69) is 17.0 Å². The summed E-state index contributed by atoms with van der Waals surface area (Å²) >= 11 is 0. The molecule has 0 N–H and O–H groups in total. The standard InChI is InChI=1S/C15H19N3O3S/c1-4-17-9-10-18(14-8-6-5-7-13(14)17)22(19,20)15-11(2)16-21-12(15)3/h5-8H,4,9-10H2,1-3H3. The Bertz CT molecular complexity index is 779. The van der Waals surface area contributed by atoms with Crippen LogP contribution in [0.4, 0.5) is 11.4 Å². The second kappa shape index (κ2) is 5.31. The SMILES string of the molecule is CCN1CCN(S(=O)(=O)c2c(C)noc2C)c2ccccc21. The maximum Gasteiger partial charge on any atom is 0.269 e. The molecule has 1 aliphatic heterocycles. The van der Waals surface area contributed by atoms with Crippen molar-refractivity contribution in [3.8, 4) is 0 Å². The van der Waals surface area contributed by atoms with Crippen molar-refractivity contribution in [1.29, 1.82) is 0 Å². The first-order valence-electron chi connectivity index (χ1n) is 7.26. The van der Waals surface area contributed by atoms with Crippen LogP contribution in [0.5, 0.6) is 0 Å². The van der Waals surface area contributed by atoms with Crippen LogP contribution in [0.1, 0.15) is 18.4 Å². The van der Waals surface area contributed by atoms with Gasteiger partial charge in [0.25, 0.3) is 10.0 Å². The smallest absolute Gasteiger partial charge is 0.269 e. The third kappa shape index (κ3) is 2.16. The van der Waals surface area contributed by atoms with Gasteiger partial charge in [0.2, 0.25) is 0 Å². The first kappa shape index (κ1) is 14.9. The number of hydrogen-bond donors (Lipinski definition) is 0. The second-order valence-electron chi connectivity index (χ2n) is 5.30. The molecule has 6 nitrogen and oxygen atoms in total. The zero-order valence-electron chi connectivity index (χ0n) is 12.9. The molecule has 0 unspecified atom stereocenters. The minimum absolute atomic E-state index is 0.173. The molecule has 7 heteroatoms. The Hall–Kier alpha value is -2.02. The molecule has 0 spiro atoms. The van der Waals surface area contributed by atoms with Gasteiger partial charge < -0.3 is 9.42 Å². The van der Waals surface area contributed by atoms with Gasteiger partial charge >= 0.3 is 0 Å². The van der Waals surface area contributed by atoms with E-state index in [9.17, 15) is 8.42 Å². The predicted octanol–water partition coefficient (Wildman–Crippen LogP) is 2.33. The summed E-state index contributed by atoms with van der Waals surface area (Å²) in [5.41, 5.74) is 2.04. The maximum atomic E-state index is 13.1. The van der Waals surface area contributed by atoms with Gasteiger partial charge in [-0.25, -0.2) is 8.42 Å². The van der Waals surface area contributed by atoms with Crippen LogP contribution >= 0.6 is 0 Å². The Morgan fingerprint density at radius 3 is 2.45 bits per heavy atom. The number of hydrogen-bond acceptors (Lipinski definition) is 5. The van der Waals surface area contributed by atoms with Gasteiger partial charge in [-0.2, -0.15) is 0 Å². The van der Waals surface area contributed by atoms with Crippen molar-refractivity contribution in [3.05, 3.63) is 35.7 Å². The van der Waals surface area contributed by atoms with E-state index in [1.54, 1.807) is 13.8 Å². The molecule has 0 bridgehead atoms. The van der Waals surface area contributed by atoms with E-state index < -0.39 is 10.0 Å². The van der Waals surface area contributed by atoms with E-state index in [4.69, 9.17) is 4.52 Å². The highest BCUT2D eigenvalue weighted by atomic mass is 32.2. The second-order valence-corrected chi connectivity index (χ2v) is 7.10. The number of likely N-dealkylation sites (N-methyl/N-ethyl adjacent to an activating group) is 1. The monoisotopic (exact) mass is 321 g/mol. The molecule has 2 heterocycles. The van der Waals surface area contributed by atoms with Crippen LogP contribution in [0.2, 0.25) is 0 Å². The van der Waals surface area contributed by atoms with Gasteiger partial charge in [0, 0.05) is 13.1 Å². The molecule has 0 aliphatic carbocycles. The van der Waals surface area contributed by atoms with E-state index >= 15 is 0 Å². The summed E-state index contributed by atoms with van der Waals surface area (Å²) in [5.74, 6) is 0.327. The fourth-order valence-electron chi connectivity index (χ4n) is 2.93. The quantitative estimate of drug-likeness (QED) is 0.868. The van der Waals surface area contributed by atoms with Gasteiger partial charge in [-0.15, -0.1) is 0 Å². The summed E-state index contributed by atoms with van der Waals surface area (Å²) in [6, 6.07) is 7.57. The molecule has 0 saturated carbocycles. The molecule has 1 aromatic heterocycles. The van der Waals surface area contributed by atoms with Crippen LogP contribution in [0.25, 0.3) is 0 Å². The summed E-state index contributed by atoms with van der Waals surface area (Å²) in [5, 5.41) is 3.77. The third-order valence-electron chi connectivity index (χ3n) is 3.96. The number of aromatic nitrogens is 1. The van der Waals surface area contributed by atoms with Crippen molar-refractivity contribution in [3.63, 3.8) is 0 Å². The average Bonchev–Trinajstić information content (AvgIpc) is 2.85. The van der Waals surface area contributed by atoms with Crippen LogP contribution in [0.3, 0.4) is 0 Å². The van der Waals surface area contributed by atoms with Crippen molar-refractivity contribution in [2.75, 3.05) is 28.8 Å². The average molecular weight is 321 g/mol. The predicted molar refractivity (Wildman–Crippen MR) is 84.8 cm³/mol. The lowest BCUT2D eigenvalue weighted by Gasteiger charge is -2.37. The van der Waals surface area contributed by atoms with E-state index in [-0.39, 0.29) is 4.90 Å². The molecule has 0 radical (unpaired) electrons. The number of para-hydroxylation sites is 2. The molecule has 2 aromatic rings. The van der Waals surface area contributed by atoms with Crippen molar-refractivity contribution in [2.24, 2.45) is 0 Å². The summed E-state index contributed by atoms with van der Waals surface area (Å²) in [6.07, 6.45) is 0. The first-order chi connectivity index (χ1) is 10.5. The van der Waals surface area contributed by atoms with Gasteiger partial charge in [-0.3, -0.25) is 4.31 Å². The van der Waals surface area contributed by atoms with Crippen molar-refractivity contribution in [1.82, 2.24) is 5.16 Å². The Labute approximate surface area is 130 Å². The van der Waals surface area contributed by atoms with Gasteiger partial charge in [-0.05, 0) is 32.9 Å². The zero-order valence-corrected chi connectivity index (χ0v) is 13.7. The summed E-state index contributed by atoms with van der Waals surface area (Å²) in [4.78, 5) is 2.35. The van der Waals surface area contributed by atoms with Crippen molar-refractivity contribution < 1.29 is 12.9 Å². The highest BCUT2D eigenvalue weighted by Crippen LogP contribution is 2.37. The molecule has 0 amide bonds. The Morgan fingerprint density at radius 2 is 1.86 bits per heavy atom. The van der Waals surface area contributed by atoms with E-state index in [1.807, 2.05) is 24.3 Å². The summed E-state index contributed by atoms with van der Waals surface area (Å²) < 4.78 is 32.6. The highest BCUT2D eigenvalue weighted by molar-refractivity contribution is 7.93. The molecule has 0 fully saturated rings. The number of aryl methyl sites for hydroxylation is 2. The number of sulfonamides is 1. The van der Waals surface area contributed by atoms with Crippen LogP contribution in [-0.4, -0.2) is 33.2 Å². The lowest BCUT2D eigenvalue weighted by atomic mass is 10.2. The minimum atomic E-state index is -3.67. The largest absolute Gasteiger partial charge is 0.368 e. The van der Waals surface area contributed by atoms with Crippen LogP contribution < -0.4 is 9.21 Å². The van der Waals surface area contributed by atoms with E-state index in [0.29, 0.717) is 30.2 Å². The normalized spacial score (nSPS) is 15.0. The molecule has 22 heavy (non-hydrogen) atoms. The molecular weight excluding hydrogens is 302 g/mol. The topological polar surface area (TPSA) is 66.7 Å². The van der Waals surface area contributed by atoms with Crippen LogP contribution in [-0.2, 0) is 10.0 Å². The number of anilines is 2. The van der Waals surface area contributed by atoms with Gasteiger partial charge in [-0.1, -0.05) is 17.3 Å². The fourth-order valence-corrected chi connectivity index (χ4v) is 4.69. The lowest BCUT2D eigenvalue weighted by molar-refractivity contribution is 0.390. The van der Waals surface area contributed by atoms with Crippen LogP contribution in [0.15, 0.2) is 33.7 Å². The maximum absolute atomic E-state index is 13.1. The summed E-state index contributed by atoms with van der Waals surface area (Å²) in [7, 11) is -3.67. The lowest BCUT2D eigenvalue weighted by Crippen LogP contribution is -2.44. The molecule has 0 atom stereocenters. The molecular formula is C15H19N3O3S. The number of benzene rings is 1.